The van der Waals surface area contributed by atoms with E-state index in [0.29, 0.717) is 13.0 Å². The summed E-state index contributed by atoms with van der Waals surface area (Å²) in [4.78, 5) is 12.2. The van der Waals surface area contributed by atoms with Crippen LogP contribution in [0.4, 0.5) is 0 Å². The van der Waals surface area contributed by atoms with Gasteiger partial charge in [-0.1, -0.05) is 78.9 Å². The summed E-state index contributed by atoms with van der Waals surface area (Å²) in [6, 6.07) is 4.59. The largest absolute Gasteiger partial charge is 0.479 e. The minimum atomic E-state index is -1.76. The minimum absolute atomic E-state index is 0.370. The summed E-state index contributed by atoms with van der Waals surface area (Å²) >= 11 is 0. The van der Waals surface area contributed by atoms with Crippen LogP contribution in [0.15, 0.2) is 12.1 Å². The third-order valence-electron chi connectivity index (χ3n) is 7.05. The molecule has 0 saturated carbocycles. The van der Waals surface area contributed by atoms with E-state index < -0.39 is 26.1 Å². The Morgan fingerprint density at radius 3 is 2.03 bits per heavy atom. The van der Waals surface area contributed by atoms with E-state index in [1.54, 1.807) is 0 Å². The van der Waals surface area contributed by atoms with E-state index in [1.165, 1.54) is 29.5 Å². The number of unbranched alkanes of at least 4 members (excludes halogenated alkanes) is 4. The number of carboxylic acid groups (broad SMARTS) is 1. The first-order valence-electron chi connectivity index (χ1n) is 13.6. The van der Waals surface area contributed by atoms with Crippen LogP contribution >= 0.6 is 8.60 Å². The molecule has 1 aliphatic heterocycles. The summed E-state index contributed by atoms with van der Waals surface area (Å²) in [7, 11) is -1.76. The van der Waals surface area contributed by atoms with Crippen LogP contribution in [0.2, 0.25) is 0 Å². The van der Waals surface area contributed by atoms with E-state index in [9.17, 15) is 9.90 Å². The molecule has 1 aliphatic rings. The topological polar surface area (TPSA) is 65.0 Å². The molecule has 1 fully saturated rings. The number of rotatable bonds is 16. The predicted octanol–water partition coefficient (Wildman–Crippen LogP) is 8.41. The fourth-order valence-corrected chi connectivity index (χ4v) is 6.07. The Morgan fingerprint density at radius 1 is 0.971 bits per heavy atom. The van der Waals surface area contributed by atoms with Gasteiger partial charge >= 0.3 is 14.6 Å². The van der Waals surface area contributed by atoms with Gasteiger partial charge in [0.05, 0.1) is 6.61 Å². The van der Waals surface area contributed by atoms with E-state index in [4.69, 9.17) is 13.6 Å². The molecular formula is C28H47O5P. The zero-order chi connectivity index (χ0) is 25.0. The summed E-state index contributed by atoms with van der Waals surface area (Å²) in [6.07, 6.45) is 12.3. The Balaban J connectivity index is 2.34. The lowest BCUT2D eigenvalue weighted by Crippen LogP contribution is -2.48. The molecule has 1 aromatic carbocycles. The first-order valence-corrected chi connectivity index (χ1v) is 14.7. The number of carbonyl (C=O) groups is 1. The van der Waals surface area contributed by atoms with Gasteiger partial charge < -0.3 is 14.2 Å². The van der Waals surface area contributed by atoms with Gasteiger partial charge in [0, 0.05) is 5.41 Å². The number of benzene rings is 1. The van der Waals surface area contributed by atoms with Gasteiger partial charge in [-0.3, -0.25) is 4.52 Å². The standard InChI is InChI=1S/C28H47O5P/c1-6-11-15-22-19-23(16-12-7-2)25(24(20-22)17-13-8-3)32-34-31-21-28(10-5,18-14-9-4)26(33-34)27(29)30/h19-20,26H,6-18,21H2,1-5H3,(H,29,30). The third kappa shape index (κ3) is 7.93. The molecule has 34 heavy (non-hydrogen) atoms. The van der Waals surface area contributed by atoms with Crippen LogP contribution in [-0.2, 0) is 33.1 Å². The molecule has 0 radical (unpaired) electrons. The Kier molecular flexibility index (Phi) is 12.9. The maximum absolute atomic E-state index is 12.2. The zero-order valence-corrected chi connectivity index (χ0v) is 23.1. The fraction of sp³-hybridized carbons (Fsp3) is 0.750. The molecule has 6 heteroatoms. The molecule has 0 aliphatic carbocycles. The second-order valence-corrected chi connectivity index (χ2v) is 10.9. The molecule has 0 aromatic heterocycles. The SMILES string of the molecule is CCCCc1cc(CCCC)c(OP2OCC(CC)(CCCC)C(C(=O)O)O2)c(CCCC)c1. The van der Waals surface area contributed by atoms with Crippen molar-refractivity contribution in [3.05, 3.63) is 28.8 Å². The van der Waals surface area contributed by atoms with Crippen LogP contribution in [0.25, 0.3) is 0 Å². The van der Waals surface area contributed by atoms with E-state index in [2.05, 4.69) is 39.8 Å². The Bertz CT molecular complexity index is 723. The fourth-order valence-electron chi connectivity index (χ4n) is 4.69. The number of hydrogen-bond acceptors (Lipinski definition) is 4. The van der Waals surface area contributed by atoms with Crippen molar-refractivity contribution in [1.29, 1.82) is 0 Å². The lowest BCUT2D eigenvalue weighted by molar-refractivity contribution is -0.160. The minimum Gasteiger partial charge on any atom is -0.479 e. The number of aliphatic carboxylic acids is 1. The van der Waals surface area contributed by atoms with Crippen LogP contribution in [0.1, 0.15) is 116 Å². The molecule has 2 rings (SSSR count). The van der Waals surface area contributed by atoms with E-state index >= 15 is 0 Å². The Morgan fingerprint density at radius 2 is 1.53 bits per heavy atom. The molecule has 3 unspecified atom stereocenters. The highest BCUT2D eigenvalue weighted by molar-refractivity contribution is 7.42. The normalized spacial score (nSPS) is 22.6. The highest BCUT2D eigenvalue weighted by atomic mass is 31.2. The van der Waals surface area contributed by atoms with Gasteiger partial charge in [0.15, 0.2) is 6.10 Å². The van der Waals surface area contributed by atoms with Crippen molar-refractivity contribution in [2.45, 2.75) is 124 Å². The highest BCUT2D eigenvalue weighted by Crippen LogP contribution is 2.54. The van der Waals surface area contributed by atoms with Crippen molar-refractivity contribution in [3.63, 3.8) is 0 Å². The van der Waals surface area contributed by atoms with Gasteiger partial charge in [-0.2, -0.15) is 0 Å². The van der Waals surface area contributed by atoms with Crippen LogP contribution in [0.5, 0.6) is 5.75 Å². The van der Waals surface area contributed by atoms with Gasteiger partial charge in [-0.05, 0) is 68.1 Å². The van der Waals surface area contributed by atoms with E-state index in [-0.39, 0.29) is 0 Å². The summed E-state index contributed by atoms with van der Waals surface area (Å²) in [5.74, 6) is -0.0420. The molecule has 5 nitrogen and oxygen atoms in total. The van der Waals surface area contributed by atoms with Crippen LogP contribution < -0.4 is 4.52 Å². The molecule has 3 atom stereocenters. The first-order chi connectivity index (χ1) is 16.4. The Labute approximate surface area is 209 Å². The smallest absolute Gasteiger partial charge is 0.398 e. The van der Waals surface area contributed by atoms with Crippen molar-refractivity contribution in [2.24, 2.45) is 5.41 Å². The molecule has 194 valence electrons. The van der Waals surface area contributed by atoms with Crippen molar-refractivity contribution >= 4 is 14.6 Å². The van der Waals surface area contributed by atoms with Crippen LogP contribution in [0, 0.1) is 5.41 Å². The van der Waals surface area contributed by atoms with Crippen molar-refractivity contribution < 1.29 is 23.5 Å². The molecule has 0 amide bonds. The van der Waals surface area contributed by atoms with Gasteiger partial charge in [0.1, 0.15) is 5.75 Å². The summed E-state index contributed by atoms with van der Waals surface area (Å²) < 4.78 is 18.7. The number of aryl methyl sites for hydroxylation is 3. The molecule has 1 aromatic rings. The number of hydrogen-bond donors (Lipinski definition) is 1. The lowest BCUT2D eigenvalue weighted by atomic mass is 9.76. The van der Waals surface area contributed by atoms with Gasteiger partial charge in [-0.25, -0.2) is 4.79 Å². The van der Waals surface area contributed by atoms with Crippen LogP contribution in [-0.4, -0.2) is 23.8 Å². The lowest BCUT2D eigenvalue weighted by Gasteiger charge is -2.42. The highest BCUT2D eigenvalue weighted by Gasteiger charge is 2.49. The summed E-state index contributed by atoms with van der Waals surface area (Å²) in [6.45, 7) is 11.2. The maximum Gasteiger partial charge on any atom is 0.398 e. The van der Waals surface area contributed by atoms with E-state index in [0.717, 1.165) is 70.0 Å². The molecular weight excluding hydrogens is 447 g/mol. The molecule has 1 N–H and O–H groups in total. The predicted molar refractivity (Wildman–Crippen MR) is 141 cm³/mol. The van der Waals surface area contributed by atoms with Crippen molar-refractivity contribution in [1.82, 2.24) is 0 Å². The third-order valence-corrected chi connectivity index (χ3v) is 8.10. The molecule has 0 bridgehead atoms. The van der Waals surface area contributed by atoms with Gasteiger partial charge in [-0.15, -0.1) is 0 Å². The second kappa shape index (κ2) is 15.1. The zero-order valence-electron chi connectivity index (χ0n) is 22.2. The monoisotopic (exact) mass is 494 g/mol. The van der Waals surface area contributed by atoms with Crippen LogP contribution in [0.3, 0.4) is 0 Å². The van der Waals surface area contributed by atoms with Gasteiger partial charge in [0.25, 0.3) is 0 Å². The van der Waals surface area contributed by atoms with Gasteiger partial charge in [0.2, 0.25) is 0 Å². The number of carboxylic acids is 1. The quantitative estimate of drug-likeness (QED) is 0.234. The van der Waals surface area contributed by atoms with Crippen molar-refractivity contribution in [3.8, 4) is 5.75 Å². The maximum atomic E-state index is 12.2. The second-order valence-electron chi connectivity index (χ2n) is 9.79. The molecule has 0 spiro atoms. The van der Waals surface area contributed by atoms with E-state index in [1.807, 2.05) is 6.92 Å². The summed E-state index contributed by atoms with van der Waals surface area (Å²) in [5, 5.41) is 10.0. The molecule has 1 saturated heterocycles. The average Bonchev–Trinajstić information content (AvgIpc) is 2.85. The molecule has 1 heterocycles. The Hall–Kier alpha value is -1.16. The summed E-state index contributed by atoms with van der Waals surface area (Å²) in [5.41, 5.74) is 3.30. The average molecular weight is 495 g/mol. The first kappa shape index (κ1) is 29.1. The van der Waals surface area contributed by atoms with Crippen molar-refractivity contribution in [2.75, 3.05) is 6.61 Å².